The number of hydrogen-bond acceptors (Lipinski definition) is 6. The Hall–Kier alpha value is -3.23. The lowest BCUT2D eigenvalue weighted by Gasteiger charge is -2.14. The topological polar surface area (TPSA) is 85.0 Å². The minimum Gasteiger partial charge on any atom is -0.415 e. The van der Waals surface area contributed by atoms with Crippen molar-refractivity contribution in [2.45, 2.75) is 19.5 Å². The summed E-state index contributed by atoms with van der Waals surface area (Å²) in [7, 11) is 0. The molecule has 0 unspecified atom stereocenters. The van der Waals surface area contributed by atoms with E-state index in [9.17, 15) is 13.6 Å². The molecule has 4 rings (SSSR count). The summed E-state index contributed by atoms with van der Waals surface area (Å²) in [6, 6.07) is 5.22. The van der Waals surface area contributed by atoms with Gasteiger partial charge in [-0.3, -0.25) is 14.8 Å². The number of halogens is 2. The van der Waals surface area contributed by atoms with Gasteiger partial charge in [0.2, 0.25) is 5.89 Å². The van der Waals surface area contributed by atoms with Crippen LogP contribution >= 0.6 is 0 Å². The molecule has 0 aliphatic carbocycles. The predicted octanol–water partition coefficient (Wildman–Crippen LogP) is 2.62. The average Bonchev–Trinajstić information content (AvgIpc) is 3.22. The molecule has 7 nitrogen and oxygen atoms in total. The van der Waals surface area contributed by atoms with Gasteiger partial charge in [-0.25, -0.2) is 0 Å². The van der Waals surface area contributed by atoms with Crippen LogP contribution < -0.4 is 0 Å². The molecule has 0 bridgehead atoms. The first-order valence-electron chi connectivity index (χ1n) is 7.41. The maximum atomic E-state index is 12.6. The van der Waals surface area contributed by atoms with Crippen molar-refractivity contribution >= 4 is 5.91 Å². The molecule has 0 atom stereocenters. The van der Waals surface area contributed by atoms with E-state index in [1.54, 1.807) is 23.4 Å². The van der Waals surface area contributed by atoms with E-state index in [0.29, 0.717) is 29.9 Å². The molecule has 3 aromatic rings. The fourth-order valence-electron chi connectivity index (χ4n) is 2.62. The molecule has 0 N–H and O–H groups in total. The lowest BCUT2D eigenvalue weighted by molar-refractivity contribution is 0.0766. The molecule has 1 aliphatic rings. The third-order valence-corrected chi connectivity index (χ3v) is 3.80. The molecule has 126 valence electrons. The fraction of sp³-hybridized carbons (Fsp3) is 0.188. The molecule has 1 aliphatic heterocycles. The van der Waals surface area contributed by atoms with Crippen LogP contribution in [-0.4, -0.2) is 31.0 Å². The molecule has 0 aromatic carbocycles. The number of pyridine rings is 2. The van der Waals surface area contributed by atoms with Crippen molar-refractivity contribution in [1.29, 1.82) is 0 Å². The van der Waals surface area contributed by atoms with Crippen LogP contribution in [0.3, 0.4) is 0 Å². The van der Waals surface area contributed by atoms with Gasteiger partial charge in [0.25, 0.3) is 11.8 Å². The van der Waals surface area contributed by atoms with Crippen LogP contribution in [-0.2, 0) is 13.1 Å². The molecular formula is C16H11F2N5O2. The van der Waals surface area contributed by atoms with E-state index in [4.69, 9.17) is 4.42 Å². The number of carbonyl (C=O) groups excluding carboxylic acids is 1. The van der Waals surface area contributed by atoms with Gasteiger partial charge in [-0.05, 0) is 17.7 Å². The first-order chi connectivity index (χ1) is 12.1. The van der Waals surface area contributed by atoms with Gasteiger partial charge in [-0.2, -0.15) is 8.78 Å². The van der Waals surface area contributed by atoms with Crippen molar-refractivity contribution in [3.63, 3.8) is 0 Å². The van der Waals surface area contributed by atoms with Crippen molar-refractivity contribution in [1.82, 2.24) is 25.1 Å². The first-order valence-corrected chi connectivity index (χ1v) is 7.41. The largest absolute Gasteiger partial charge is 0.415 e. The SMILES string of the molecule is O=C1c2cc(-c3nnc(C(F)F)o3)cnc2CN1Cc1cccnc1. The molecule has 0 spiro atoms. The van der Waals surface area contributed by atoms with E-state index >= 15 is 0 Å². The lowest BCUT2D eigenvalue weighted by Crippen LogP contribution is -2.23. The van der Waals surface area contributed by atoms with E-state index in [1.165, 1.54) is 12.3 Å². The van der Waals surface area contributed by atoms with Gasteiger partial charge in [-0.1, -0.05) is 6.07 Å². The third-order valence-electron chi connectivity index (χ3n) is 3.80. The summed E-state index contributed by atoms with van der Waals surface area (Å²) in [4.78, 5) is 22.5. The van der Waals surface area contributed by atoms with Gasteiger partial charge in [0, 0.05) is 25.1 Å². The van der Waals surface area contributed by atoms with Crippen molar-refractivity contribution in [3.05, 3.63) is 59.5 Å². The van der Waals surface area contributed by atoms with Gasteiger partial charge in [-0.15, -0.1) is 10.2 Å². The Morgan fingerprint density at radius 2 is 2.16 bits per heavy atom. The van der Waals surface area contributed by atoms with E-state index in [-0.39, 0.29) is 11.8 Å². The average molecular weight is 343 g/mol. The summed E-state index contributed by atoms with van der Waals surface area (Å²) in [5.74, 6) is -1.05. The zero-order valence-electron chi connectivity index (χ0n) is 12.8. The van der Waals surface area contributed by atoms with Crippen LogP contribution in [0.1, 0.15) is 33.9 Å². The fourth-order valence-corrected chi connectivity index (χ4v) is 2.62. The summed E-state index contributed by atoms with van der Waals surface area (Å²) in [6.07, 6.45) is 1.94. The van der Waals surface area contributed by atoms with Crippen LogP contribution in [0.4, 0.5) is 8.78 Å². The number of carbonyl (C=O) groups is 1. The number of fused-ring (bicyclic) bond motifs is 1. The Kier molecular flexibility index (Phi) is 3.68. The van der Waals surface area contributed by atoms with Crippen molar-refractivity contribution in [3.8, 4) is 11.5 Å². The number of amides is 1. The molecule has 0 radical (unpaired) electrons. The van der Waals surface area contributed by atoms with Crippen molar-refractivity contribution < 1.29 is 18.0 Å². The molecule has 1 amide bonds. The van der Waals surface area contributed by atoms with Gasteiger partial charge in [0.15, 0.2) is 0 Å². The Balaban J connectivity index is 1.59. The summed E-state index contributed by atoms with van der Waals surface area (Å²) >= 11 is 0. The van der Waals surface area contributed by atoms with Crippen molar-refractivity contribution in [2.24, 2.45) is 0 Å². The normalized spacial score (nSPS) is 13.6. The number of nitrogens with zero attached hydrogens (tertiary/aromatic N) is 5. The van der Waals surface area contributed by atoms with E-state index < -0.39 is 12.3 Å². The predicted molar refractivity (Wildman–Crippen MR) is 80.3 cm³/mol. The molecule has 4 heterocycles. The molecule has 9 heteroatoms. The van der Waals surface area contributed by atoms with Crippen LogP contribution in [0.5, 0.6) is 0 Å². The minimum absolute atomic E-state index is 0.0934. The monoisotopic (exact) mass is 343 g/mol. The molecule has 0 saturated heterocycles. The van der Waals surface area contributed by atoms with E-state index in [0.717, 1.165) is 5.56 Å². The Morgan fingerprint density at radius 1 is 1.28 bits per heavy atom. The Labute approximate surface area is 140 Å². The van der Waals surface area contributed by atoms with Crippen LogP contribution in [0, 0.1) is 0 Å². The van der Waals surface area contributed by atoms with Gasteiger partial charge < -0.3 is 9.32 Å². The second kappa shape index (κ2) is 6.00. The molecule has 3 aromatic heterocycles. The highest BCUT2D eigenvalue weighted by Gasteiger charge is 2.29. The smallest absolute Gasteiger partial charge is 0.314 e. The second-order valence-electron chi connectivity index (χ2n) is 5.49. The molecule has 25 heavy (non-hydrogen) atoms. The van der Waals surface area contributed by atoms with Crippen LogP contribution in [0.2, 0.25) is 0 Å². The van der Waals surface area contributed by atoms with Gasteiger partial charge in [0.05, 0.1) is 23.4 Å². The zero-order valence-corrected chi connectivity index (χ0v) is 12.8. The first kappa shape index (κ1) is 15.3. The van der Waals surface area contributed by atoms with E-state index in [1.807, 2.05) is 6.07 Å². The number of rotatable bonds is 4. The quantitative estimate of drug-likeness (QED) is 0.724. The molecule has 0 fully saturated rings. The summed E-state index contributed by atoms with van der Waals surface area (Å²) in [5, 5.41) is 6.85. The minimum atomic E-state index is -2.85. The van der Waals surface area contributed by atoms with Crippen molar-refractivity contribution in [2.75, 3.05) is 0 Å². The lowest BCUT2D eigenvalue weighted by atomic mass is 10.1. The Bertz CT molecular complexity index is 929. The zero-order chi connectivity index (χ0) is 17.4. The molecule has 0 saturated carbocycles. The van der Waals surface area contributed by atoms with E-state index in [2.05, 4.69) is 20.2 Å². The van der Waals surface area contributed by atoms with Crippen LogP contribution in [0.15, 0.2) is 41.2 Å². The second-order valence-corrected chi connectivity index (χ2v) is 5.49. The Morgan fingerprint density at radius 3 is 2.88 bits per heavy atom. The summed E-state index contributed by atoms with van der Waals surface area (Å²) < 4.78 is 30.0. The highest BCUT2D eigenvalue weighted by Crippen LogP contribution is 2.28. The highest BCUT2D eigenvalue weighted by molar-refractivity contribution is 5.98. The third kappa shape index (κ3) is 2.84. The number of aromatic nitrogens is 4. The highest BCUT2D eigenvalue weighted by atomic mass is 19.3. The molecular weight excluding hydrogens is 332 g/mol. The maximum Gasteiger partial charge on any atom is 0.314 e. The van der Waals surface area contributed by atoms with Gasteiger partial charge >= 0.3 is 6.43 Å². The summed E-state index contributed by atoms with van der Waals surface area (Å²) in [6.45, 7) is 0.782. The summed E-state index contributed by atoms with van der Waals surface area (Å²) in [5.41, 5.74) is 2.25. The number of alkyl halides is 2. The standard InChI is InChI=1S/C16H11F2N5O2/c17-13(18)15-22-21-14(25-15)10-4-11-12(20-6-10)8-23(16(11)24)7-9-2-1-3-19-5-9/h1-6,13H,7-8H2. The van der Waals surface area contributed by atoms with Crippen LogP contribution in [0.25, 0.3) is 11.5 Å². The van der Waals surface area contributed by atoms with Gasteiger partial charge in [0.1, 0.15) is 0 Å². The number of hydrogen-bond donors (Lipinski definition) is 0. The maximum absolute atomic E-state index is 12.6.